The molecule has 1 amide bonds. The molecule has 1 N–H and O–H groups in total. The number of rotatable bonds is 3. The SMILES string of the molecule is O=C(c1cnc2c(c1)ncn2-c1ccccc1)N1CCO[C@H]2C[C@H](CO)C[C@@H]21. The lowest BCUT2D eigenvalue weighted by atomic mass is 10.1. The molecule has 1 aromatic carbocycles. The molecule has 144 valence electrons. The lowest BCUT2D eigenvalue weighted by molar-refractivity contribution is -0.0448. The second kappa shape index (κ2) is 7.00. The zero-order valence-corrected chi connectivity index (χ0v) is 15.4. The van der Waals surface area contributed by atoms with Crippen LogP contribution in [0.1, 0.15) is 23.2 Å². The lowest BCUT2D eigenvalue weighted by Crippen LogP contribution is -2.51. The van der Waals surface area contributed by atoms with Crippen LogP contribution in [0.2, 0.25) is 0 Å². The van der Waals surface area contributed by atoms with E-state index in [-0.39, 0.29) is 30.6 Å². The molecule has 3 heterocycles. The van der Waals surface area contributed by atoms with Crippen molar-refractivity contribution in [3.8, 4) is 5.69 Å². The van der Waals surface area contributed by atoms with Crippen LogP contribution in [0.4, 0.5) is 0 Å². The molecular formula is C21H22N4O3. The average molecular weight is 378 g/mol. The molecule has 2 fully saturated rings. The Morgan fingerprint density at radius 2 is 2.07 bits per heavy atom. The van der Waals surface area contributed by atoms with Crippen LogP contribution in [0.3, 0.4) is 0 Å². The van der Waals surface area contributed by atoms with Crippen LogP contribution in [-0.4, -0.2) is 62.4 Å². The largest absolute Gasteiger partial charge is 0.396 e. The Morgan fingerprint density at radius 3 is 2.89 bits per heavy atom. The van der Waals surface area contributed by atoms with Crippen molar-refractivity contribution in [1.82, 2.24) is 19.4 Å². The van der Waals surface area contributed by atoms with E-state index in [4.69, 9.17) is 4.74 Å². The van der Waals surface area contributed by atoms with Crippen LogP contribution in [0.5, 0.6) is 0 Å². The number of morpholine rings is 1. The molecule has 1 aliphatic carbocycles. The molecule has 7 heteroatoms. The van der Waals surface area contributed by atoms with Gasteiger partial charge in [0, 0.05) is 25.0 Å². The molecule has 1 saturated carbocycles. The highest BCUT2D eigenvalue weighted by atomic mass is 16.5. The Balaban J connectivity index is 1.44. The number of fused-ring (bicyclic) bond motifs is 2. The fourth-order valence-corrected chi connectivity index (χ4v) is 4.41. The number of ether oxygens (including phenoxy) is 1. The van der Waals surface area contributed by atoms with Gasteiger partial charge in [-0.3, -0.25) is 9.36 Å². The second-order valence-electron chi connectivity index (χ2n) is 7.51. The maximum Gasteiger partial charge on any atom is 0.255 e. The van der Waals surface area contributed by atoms with Gasteiger partial charge in [-0.25, -0.2) is 9.97 Å². The van der Waals surface area contributed by atoms with Crippen molar-refractivity contribution in [1.29, 1.82) is 0 Å². The van der Waals surface area contributed by atoms with Gasteiger partial charge in [-0.2, -0.15) is 0 Å². The average Bonchev–Trinajstić information content (AvgIpc) is 3.37. The normalized spacial score (nSPS) is 24.5. The molecular weight excluding hydrogens is 356 g/mol. The predicted molar refractivity (Wildman–Crippen MR) is 103 cm³/mol. The molecule has 0 unspecified atom stereocenters. The topological polar surface area (TPSA) is 80.5 Å². The van der Waals surface area contributed by atoms with E-state index in [2.05, 4.69) is 9.97 Å². The zero-order chi connectivity index (χ0) is 19.1. The van der Waals surface area contributed by atoms with Gasteiger partial charge >= 0.3 is 0 Å². The van der Waals surface area contributed by atoms with Gasteiger partial charge in [-0.05, 0) is 37.0 Å². The molecule has 0 bridgehead atoms. The van der Waals surface area contributed by atoms with Crippen molar-refractivity contribution in [2.45, 2.75) is 25.0 Å². The summed E-state index contributed by atoms with van der Waals surface area (Å²) in [4.78, 5) is 24.1. The second-order valence-corrected chi connectivity index (χ2v) is 7.51. The zero-order valence-electron chi connectivity index (χ0n) is 15.4. The maximum absolute atomic E-state index is 13.2. The predicted octanol–water partition coefficient (Wildman–Crippen LogP) is 2.03. The Kier molecular flexibility index (Phi) is 4.33. The van der Waals surface area contributed by atoms with Crippen LogP contribution in [0.25, 0.3) is 16.9 Å². The Labute approximate surface area is 162 Å². The highest BCUT2D eigenvalue weighted by Crippen LogP contribution is 2.34. The van der Waals surface area contributed by atoms with Crippen molar-refractivity contribution in [3.05, 3.63) is 54.5 Å². The quantitative estimate of drug-likeness (QED) is 0.754. The van der Waals surface area contributed by atoms with Crippen molar-refractivity contribution >= 4 is 17.1 Å². The van der Waals surface area contributed by atoms with E-state index in [9.17, 15) is 9.90 Å². The van der Waals surface area contributed by atoms with Crippen LogP contribution in [0.15, 0.2) is 48.9 Å². The van der Waals surface area contributed by atoms with Gasteiger partial charge in [0.2, 0.25) is 0 Å². The molecule has 0 radical (unpaired) electrons. The minimum absolute atomic E-state index is 0.0174. The Bertz CT molecular complexity index is 1000. The van der Waals surface area contributed by atoms with Crippen LogP contribution < -0.4 is 0 Å². The molecule has 5 rings (SSSR count). The number of aromatic nitrogens is 3. The van der Waals surface area contributed by atoms with E-state index in [1.165, 1.54) is 0 Å². The van der Waals surface area contributed by atoms with Gasteiger partial charge in [-0.1, -0.05) is 18.2 Å². The van der Waals surface area contributed by atoms with E-state index in [0.717, 1.165) is 24.2 Å². The number of hydrogen-bond acceptors (Lipinski definition) is 5. The van der Waals surface area contributed by atoms with Crippen LogP contribution in [0, 0.1) is 5.92 Å². The summed E-state index contributed by atoms with van der Waals surface area (Å²) in [6, 6.07) is 11.7. The van der Waals surface area contributed by atoms with Crippen LogP contribution in [-0.2, 0) is 4.74 Å². The summed E-state index contributed by atoms with van der Waals surface area (Å²) in [5.41, 5.74) is 2.94. The monoisotopic (exact) mass is 378 g/mol. The number of aliphatic hydroxyl groups is 1. The summed E-state index contributed by atoms with van der Waals surface area (Å²) >= 11 is 0. The molecule has 28 heavy (non-hydrogen) atoms. The van der Waals surface area contributed by atoms with Gasteiger partial charge in [0.15, 0.2) is 5.65 Å². The maximum atomic E-state index is 13.2. The molecule has 0 spiro atoms. The van der Waals surface area contributed by atoms with Crippen molar-refractivity contribution in [3.63, 3.8) is 0 Å². The summed E-state index contributed by atoms with van der Waals surface area (Å²) in [5.74, 6) is 0.158. The molecule has 2 aliphatic rings. The van der Waals surface area contributed by atoms with Crippen molar-refractivity contribution in [2.24, 2.45) is 5.92 Å². The fraction of sp³-hybridized carbons (Fsp3) is 0.381. The van der Waals surface area contributed by atoms with Gasteiger partial charge in [0.25, 0.3) is 5.91 Å². The third kappa shape index (κ3) is 2.87. The van der Waals surface area contributed by atoms with Gasteiger partial charge < -0.3 is 14.7 Å². The summed E-state index contributed by atoms with van der Waals surface area (Å²) in [7, 11) is 0. The van der Waals surface area contributed by atoms with Crippen molar-refractivity contribution < 1.29 is 14.6 Å². The fourth-order valence-electron chi connectivity index (χ4n) is 4.41. The van der Waals surface area contributed by atoms with Gasteiger partial charge in [0.1, 0.15) is 11.8 Å². The van der Waals surface area contributed by atoms with E-state index < -0.39 is 0 Å². The number of amides is 1. The number of benzene rings is 1. The van der Waals surface area contributed by atoms with Crippen molar-refractivity contribution in [2.75, 3.05) is 19.8 Å². The molecule has 7 nitrogen and oxygen atoms in total. The first-order valence-electron chi connectivity index (χ1n) is 9.66. The number of aliphatic hydroxyl groups excluding tert-OH is 1. The summed E-state index contributed by atoms with van der Waals surface area (Å²) in [6.45, 7) is 1.24. The molecule has 1 saturated heterocycles. The number of pyridine rings is 1. The lowest BCUT2D eigenvalue weighted by Gasteiger charge is -2.37. The number of nitrogens with zero attached hydrogens (tertiary/aromatic N) is 4. The first-order valence-corrected chi connectivity index (χ1v) is 9.66. The summed E-state index contributed by atoms with van der Waals surface area (Å²) in [6.07, 6.45) is 4.97. The number of para-hydroxylation sites is 1. The van der Waals surface area contributed by atoms with Crippen LogP contribution >= 0.6 is 0 Å². The van der Waals surface area contributed by atoms with Gasteiger partial charge in [-0.15, -0.1) is 0 Å². The molecule has 3 atom stereocenters. The summed E-state index contributed by atoms with van der Waals surface area (Å²) < 4.78 is 7.75. The molecule has 3 aromatic rings. The first kappa shape index (κ1) is 17.3. The van der Waals surface area contributed by atoms with E-state index in [0.29, 0.717) is 24.2 Å². The Morgan fingerprint density at radius 1 is 1.21 bits per heavy atom. The highest BCUT2D eigenvalue weighted by molar-refractivity contribution is 5.96. The standard InChI is InChI=1S/C21H22N4O3/c26-12-14-8-18-19(9-14)28-7-6-24(18)21(27)15-10-17-20(22-11-15)25(13-23-17)16-4-2-1-3-5-16/h1-5,10-11,13-14,18-19,26H,6-9,12H2/t14-,18+,19+/m1/s1. The molecule has 1 aliphatic heterocycles. The minimum atomic E-state index is -0.0412. The van der Waals surface area contributed by atoms with E-state index >= 15 is 0 Å². The Hall–Kier alpha value is -2.77. The van der Waals surface area contributed by atoms with E-state index in [1.807, 2.05) is 45.9 Å². The summed E-state index contributed by atoms with van der Waals surface area (Å²) in [5, 5.41) is 9.49. The number of carbonyl (C=O) groups excluding carboxylic acids is 1. The molecule has 2 aromatic heterocycles. The smallest absolute Gasteiger partial charge is 0.255 e. The first-order chi connectivity index (χ1) is 13.7. The number of hydrogen-bond donors (Lipinski definition) is 1. The third-order valence-electron chi connectivity index (χ3n) is 5.82. The number of carbonyl (C=O) groups is 1. The minimum Gasteiger partial charge on any atom is -0.396 e. The van der Waals surface area contributed by atoms with E-state index in [1.54, 1.807) is 12.5 Å². The van der Waals surface area contributed by atoms with Gasteiger partial charge in [0.05, 0.1) is 24.3 Å². The highest BCUT2D eigenvalue weighted by Gasteiger charge is 2.42. The third-order valence-corrected chi connectivity index (χ3v) is 5.82. The number of imidazole rings is 1.